The van der Waals surface area contributed by atoms with Gasteiger partial charge in [0.25, 0.3) is 0 Å². The third-order valence-electron chi connectivity index (χ3n) is 7.89. The summed E-state index contributed by atoms with van der Waals surface area (Å²) in [6, 6.07) is 4.89. The fourth-order valence-corrected chi connectivity index (χ4v) is 5.64. The SMILES string of the molecule is CC1=CC[C@]2(C)C(C)(C)CCC[C@@]2(C)[C@@H]1Cc1cc(O)ccc1O. The molecule has 0 saturated heterocycles. The van der Waals surface area contributed by atoms with Crippen LogP contribution < -0.4 is 0 Å². The summed E-state index contributed by atoms with van der Waals surface area (Å²) in [4.78, 5) is 0. The number of hydrogen-bond acceptors (Lipinski definition) is 2. The van der Waals surface area contributed by atoms with E-state index in [0.29, 0.717) is 17.1 Å². The summed E-state index contributed by atoms with van der Waals surface area (Å²) in [7, 11) is 0. The topological polar surface area (TPSA) is 40.5 Å². The van der Waals surface area contributed by atoms with Gasteiger partial charge in [0, 0.05) is 0 Å². The molecular weight excluding hydrogens is 296 g/mol. The van der Waals surface area contributed by atoms with E-state index in [4.69, 9.17) is 0 Å². The highest BCUT2D eigenvalue weighted by atomic mass is 16.3. The lowest BCUT2D eigenvalue weighted by molar-refractivity contribution is -0.121. The van der Waals surface area contributed by atoms with E-state index in [1.165, 1.54) is 24.8 Å². The molecule has 0 radical (unpaired) electrons. The Morgan fingerprint density at radius 1 is 1.08 bits per heavy atom. The molecule has 3 atom stereocenters. The van der Waals surface area contributed by atoms with Gasteiger partial charge in [-0.05, 0) is 78.5 Å². The molecule has 0 bridgehead atoms. The number of phenols is 2. The Labute approximate surface area is 146 Å². The van der Waals surface area contributed by atoms with Crippen LogP contribution in [0.15, 0.2) is 29.8 Å². The van der Waals surface area contributed by atoms with Crippen LogP contribution in [0.1, 0.15) is 65.9 Å². The molecule has 0 aliphatic heterocycles. The average Bonchev–Trinajstić information content (AvgIpc) is 2.50. The molecule has 2 heteroatoms. The minimum Gasteiger partial charge on any atom is -0.508 e. The Kier molecular flexibility index (Phi) is 4.01. The second-order valence-corrected chi connectivity index (χ2v) is 9.21. The second kappa shape index (κ2) is 5.54. The van der Waals surface area contributed by atoms with Crippen LogP contribution in [0.3, 0.4) is 0 Å². The van der Waals surface area contributed by atoms with Crippen LogP contribution in [0.2, 0.25) is 0 Å². The van der Waals surface area contributed by atoms with Crippen molar-refractivity contribution in [1.29, 1.82) is 0 Å². The minimum atomic E-state index is 0.214. The molecule has 1 aromatic carbocycles. The quantitative estimate of drug-likeness (QED) is 0.530. The first-order chi connectivity index (χ1) is 11.1. The Hall–Kier alpha value is -1.44. The third-order valence-corrected chi connectivity index (χ3v) is 7.89. The molecular formula is C22H32O2. The van der Waals surface area contributed by atoms with Gasteiger partial charge < -0.3 is 10.2 Å². The molecule has 2 aliphatic carbocycles. The zero-order chi connectivity index (χ0) is 17.8. The highest BCUT2D eigenvalue weighted by Crippen LogP contribution is 2.67. The molecule has 1 fully saturated rings. The van der Waals surface area contributed by atoms with Crippen LogP contribution in [-0.2, 0) is 6.42 Å². The fourth-order valence-electron chi connectivity index (χ4n) is 5.64. The summed E-state index contributed by atoms with van der Waals surface area (Å²) < 4.78 is 0. The van der Waals surface area contributed by atoms with Gasteiger partial charge in [-0.15, -0.1) is 0 Å². The normalized spacial score (nSPS) is 35.2. The molecule has 1 saturated carbocycles. The van der Waals surface area contributed by atoms with Crippen molar-refractivity contribution in [2.75, 3.05) is 0 Å². The van der Waals surface area contributed by atoms with Gasteiger partial charge in [0.05, 0.1) is 0 Å². The highest BCUT2D eigenvalue weighted by Gasteiger charge is 2.59. The first kappa shape index (κ1) is 17.4. The average molecular weight is 328 g/mol. The summed E-state index contributed by atoms with van der Waals surface area (Å²) in [5, 5.41) is 20.1. The standard InChI is InChI=1S/C22H32O2/c1-15-9-12-22(5)20(2,3)10-6-11-21(22,4)18(15)14-16-13-17(23)7-8-19(16)24/h7-9,13,18,23-24H,6,10-12,14H2,1-5H3/t18-,21+,22-/m1/s1. The van der Waals surface area contributed by atoms with E-state index in [1.807, 2.05) is 0 Å². The van der Waals surface area contributed by atoms with Crippen LogP contribution in [0, 0.1) is 22.2 Å². The molecule has 2 N–H and O–H groups in total. The molecule has 0 heterocycles. The molecule has 24 heavy (non-hydrogen) atoms. The van der Waals surface area contributed by atoms with E-state index in [2.05, 4.69) is 40.7 Å². The number of phenolic OH excluding ortho intramolecular Hbond substituents is 2. The summed E-state index contributed by atoms with van der Waals surface area (Å²) in [5.41, 5.74) is 3.09. The first-order valence-electron chi connectivity index (χ1n) is 9.28. The number of allylic oxidation sites excluding steroid dienone is 2. The molecule has 0 amide bonds. The maximum absolute atomic E-state index is 10.3. The number of fused-ring (bicyclic) bond motifs is 1. The maximum atomic E-state index is 10.3. The van der Waals surface area contributed by atoms with Gasteiger partial charge in [0.2, 0.25) is 0 Å². The Balaban J connectivity index is 2.04. The van der Waals surface area contributed by atoms with E-state index < -0.39 is 0 Å². The lowest BCUT2D eigenvalue weighted by atomic mass is 9.40. The van der Waals surface area contributed by atoms with Gasteiger partial charge >= 0.3 is 0 Å². The number of hydrogen-bond donors (Lipinski definition) is 2. The van der Waals surface area contributed by atoms with Crippen LogP contribution >= 0.6 is 0 Å². The van der Waals surface area contributed by atoms with Gasteiger partial charge in [-0.3, -0.25) is 0 Å². The van der Waals surface area contributed by atoms with Crippen LogP contribution in [0.4, 0.5) is 0 Å². The van der Waals surface area contributed by atoms with Crippen LogP contribution in [0.5, 0.6) is 11.5 Å². The van der Waals surface area contributed by atoms with Crippen molar-refractivity contribution in [3.05, 3.63) is 35.4 Å². The van der Waals surface area contributed by atoms with Crippen molar-refractivity contribution in [3.8, 4) is 11.5 Å². The summed E-state index contributed by atoms with van der Waals surface area (Å²) in [6.07, 6.45) is 8.17. The van der Waals surface area contributed by atoms with Gasteiger partial charge in [0.1, 0.15) is 11.5 Å². The summed E-state index contributed by atoms with van der Waals surface area (Å²) in [5.74, 6) is 0.937. The zero-order valence-corrected chi connectivity index (χ0v) is 15.8. The van der Waals surface area contributed by atoms with E-state index >= 15 is 0 Å². The summed E-state index contributed by atoms with van der Waals surface area (Å²) in [6.45, 7) is 12.1. The molecule has 1 aromatic rings. The van der Waals surface area contributed by atoms with Crippen molar-refractivity contribution in [2.24, 2.45) is 22.2 Å². The molecule has 0 aromatic heterocycles. The van der Waals surface area contributed by atoms with Crippen molar-refractivity contribution in [2.45, 2.75) is 66.7 Å². The molecule has 2 aliphatic rings. The van der Waals surface area contributed by atoms with Crippen molar-refractivity contribution < 1.29 is 10.2 Å². The molecule has 0 spiro atoms. The van der Waals surface area contributed by atoms with Gasteiger partial charge in [0.15, 0.2) is 0 Å². The zero-order valence-electron chi connectivity index (χ0n) is 15.8. The van der Waals surface area contributed by atoms with Crippen LogP contribution in [-0.4, -0.2) is 10.2 Å². The lowest BCUT2D eigenvalue weighted by Gasteiger charge is -2.64. The van der Waals surface area contributed by atoms with Gasteiger partial charge in [-0.2, -0.15) is 0 Å². The summed E-state index contributed by atoms with van der Waals surface area (Å²) >= 11 is 0. The number of aromatic hydroxyl groups is 2. The Morgan fingerprint density at radius 2 is 1.79 bits per heavy atom. The molecule has 2 nitrogen and oxygen atoms in total. The second-order valence-electron chi connectivity index (χ2n) is 9.21. The van der Waals surface area contributed by atoms with E-state index in [-0.39, 0.29) is 16.6 Å². The van der Waals surface area contributed by atoms with Gasteiger partial charge in [-0.25, -0.2) is 0 Å². The number of benzene rings is 1. The maximum Gasteiger partial charge on any atom is 0.119 e. The first-order valence-corrected chi connectivity index (χ1v) is 9.28. The monoisotopic (exact) mass is 328 g/mol. The predicted molar refractivity (Wildman–Crippen MR) is 99.2 cm³/mol. The largest absolute Gasteiger partial charge is 0.508 e. The minimum absolute atomic E-state index is 0.214. The number of rotatable bonds is 2. The van der Waals surface area contributed by atoms with E-state index in [0.717, 1.165) is 18.4 Å². The Morgan fingerprint density at radius 3 is 2.50 bits per heavy atom. The van der Waals surface area contributed by atoms with Crippen molar-refractivity contribution >= 4 is 0 Å². The molecule has 0 unspecified atom stereocenters. The Bertz CT molecular complexity index is 673. The van der Waals surface area contributed by atoms with Gasteiger partial charge in [-0.1, -0.05) is 45.8 Å². The molecule has 132 valence electrons. The third kappa shape index (κ3) is 2.37. The lowest BCUT2D eigenvalue weighted by Crippen LogP contribution is -2.56. The van der Waals surface area contributed by atoms with Crippen LogP contribution in [0.25, 0.3) is 0 Å². The van der Waals surface area contributed by atoms with Crippen molar-refractivity contribution in [1.82, 2.24) is 0 Å². The van der Waals surface area contributed by atoms with E-state index in [9.17, 15) is 10.2 Å². The smallest absolute Gasteiger partial charge is 0.119 e. The highest BCUT2D eigenvalue weighted by molar-refractivity contribution is 5.40. The molecule has 3 rings (SSSR count). The predicted octanol–water partition coefficient (Wildman–Crippen LogP) is 5.83. The fraction of sp³-hybridized carbons (Fsp3) is 0.636. The van der Waals surface area contributed by atoms with E-state index in [1.54, 1.807) is 18.2 Å². The van der Waals surface area contributed by atoms with Crippen molar-refractivity contribution in [3.63, 3.8) is 0 Å².